The summed E-state index contributed by atoms with van der Waals surface area (Å²) in [5, 5.41) is 13.7. The van der Waals surface area contributed by atoms with Crippen molar-refractivity contribution in [3.63, 3.8) is 0 Å². The van der Waals surface area contributed by atoms with Crippen LogP contribution < -0.4 is 16.0 Å². The van der Waals surface area contributed by atoms with Gasteiger partial charge in [-0.25, -0.2) is 4.79 Å². The third-order valence-corrected chi connectivity index (χ3v) is 5.51. The van der Waals surface area contributed by atoms with Crippen molar-refractivity contribution in [3.8, 4) is 0 Å². The minimum absolute atomic E-state index is 0.0635. The summed E-state index contributed by atoms with van der Waals surface area (Å²) >= 11 is 0. The van der Waals surface area contributed by atoms with Crippen LogP contribution in [-0.2, 0) is 6.54 Å². The Kier molecular flexibility index (Phi) is 6.09. The molecule has 3 amide bonds. The zero-order valence-corrected chi connectivity index (χ0v) is 16.6. The van der Waals surface area contributed by atoms with Crippen LogP contribution in [0.25, 0.3) is 0 Å². The number of nitrogens with one attached hydrogen (secondary N) is 3. The van der Waals surface area contributed by atoms with Crippen LogP contribution in [0.2, 0.25) is 0 Å². The Morgan fingerprint density at radius 2 is 2.03 bits per heavy atom. The smallest absolute Gasteiger partial charge is 0.321 e. The van der Waals surface area contributed by atoms with E-state index in [9.17, 15) is 9.59 Å². The number of urea groups is 1. The Morgan fingerprint density at radius 3 is 2.83 bits per heavy atom. The number of piperidine rings is 1. The first-order valence-corrected chi connectivity index (χ1v) is 10.4. The van der Waals surface area contributed by atoms with E-state index in [1.165, 1.54) is 0 Å². The fraction of sp³-hybridized carbons (Fsp3) is 0.476. The number of hydrogen-bond acceptors (Lipinski definition) is 4. The molecule has 3 heterocycles. The number of carbonyl (C=O) groups excluding carboxylic acids is 2. The summed E-state index contributed by atoms with van der Waals surface area (Å²) in [5.74, 6) is -0.195. The van der Waals surface area contributed by atoms with E-state index in [-0.39, 0.29) is 11.9 Å². The van der Waals surface area contributed by atoms with Gasteiger partial charge in [0.15, 0.2) is 0 Å². The van der Waals surface area contributed by atoms with Gasteiger partial charge in [0, 0.05) is 38.1 Å². The van der Waals surface area contributed by atoms with Crippen molar-refractivity contribution in [1.82, 2.24) is 25.3 Å². The molecule has 2 fully saturated rings. The van der Waals surface area contributed by atoms with Gasteiger partial charge in [-0.3, -0.25) is 9.48 Å². The molecule has 1 unspecified atom stereocenters. The maximum atomic E-state index is 12.5. The van der Waals surface area contributed by atoms with E-state index in [4.69, 9.17) is 0 Å². The van der Waals surface area contributed by atoms with Gasteiger partial charge < -0.3 is 20.9 Å². The van der Waals surface area contributed by atoms with Crippen molar-refractivity contribution in [2.45, 2.75) is 38.3 Å². The van der Waals surface area contributed by atoms with E-state index in [0.29, 0.717) is 18.3 Å². The summed E-state index contributed by atoms with van der Waals surface area (Å²) in [6.45, 7) is 3.93. The highest BCUT2D eigenvalue weighted by atomic mass is 16.2. The third-order valence-electron chi connectivity index (χ3n) is 5.51. The molecule has 154 valence electrons. The zero-order valence-electron chi connectivity index (χ0n) is 16.6. The highest BCUT2D eigenvalue weighted by molar-refractivity contribution is 5.92. The molecular formula is C21H28N6O2. The lowest BCUT2D eigenvalue weighted by Crippen LogP contribution is -2.32. The van der Waals surface area contributed by atoms with Crippen LogP contribution in [0.1, 0.15) is 47.8 Å². The van der Waals surface area contributed by atoms with Crippen molar-refractivity contribution >= 4 is 17.6 Å². The average molecular weight is 396 g/mol. The second kappa shape index (κ2) is 9.09. The Bertz CT molecular complexity index is 852. The standard InChI is InChI=1S/C21H28N6O2/c28-20(19-8-12-27(25-19)18-7-4-9-22-15-18)23-14-16-5-3-6-17(13-16)24-21(29)26-10-1-2-11-26/h3,5-6,8,12-13,18,22H,1-2,4,7,9-11,14-15H2,(H,23,28)(H,24,29). The van der Waals surface area contributed by atoms with E-state index in [1.807, 2.05) is 40.0 Å². The number of amides is 3. The summed E-state index contributed by atoms with van der Waals surface area (Å²) < 4.78 is 1.88. The Morgan fingerprint density at radius 1 is 1.17 bits per heavy atom. The molecular weight excluding hydrogens is 368 g/mol. The Hall–Kier alpha value is -2.87. The minimum Gasteiger partial charge on any atom is -0.347 e. The molecule has 2 aliphatic rings. The number of benzene rings is 1. The van der Waals surface area contributed by atoms with E-state index in [0.717, 1.165) is 63.1 Å². The van der Waals surface area contributed by atoms with Crippen LogP contribution in [-0.4, -0.2) is 52.8 Å². The van der Waals surface area contributed by atoms with Gasteiger partial charge in [0.05, 0.1) is 6.04 Å². The number of hydrogen-bond donors (Lipinski definition) is 3. The molecule has 0 bridgehead atoms. The van der Waals surface area contributed by atoms with Gasteiger partial charge in [0.2, 0.25) is 0 Å². The Balaban J connectivity index is 1.31. The molecule has 2 saturated heterocycles. The molecule has 0 spiro atoms. The lowest BCUT2D eigenvalue weighted by Gasteiger charge is -2.22. The van der Waals surface area contributed by atoms with Gasteiger partial charge in [-0.1, -0.05) is 12.1 Å². The molecule has 0 saturated carbocycles. The minimum atomic E-state index is -0.195. The first-order chi connectivity index (χ1) is 14.2. The molecule has 0 aliphatic carbocycles. The van der Waals surface area contributed by atoms with Crippen LogP contribution >= 0.6 is 0 Å². The van der Waals surface area contributed by atoms with E-state index in [1.54, 1.807) is 6.07 Å². The number of carbonyl (C=O) groups is 2. The third kappa shape index (κ3) is 4.95. The molecule has 8 nitrogen and oxygen atoms in total. The van der Waals surface area contributed by atoms with E-state index >= 15 is 0 Å². The van der Waals surface area contributed by atoms with E-state index < -0.39 is 0 Å². The maximum absolute atomic E-state index is 12.5. The number of nitrogens with zero attached hydrogens (tertiary/aromatic N) is 3. The summed E-state index contributed by atoms with van der Waals surface area (Å²) in [4.78, 5) is 26.5. The van der Waals surface area contributed by atoms with Gasteiger partial charge in [-0.05, 0) is 56.0 Å². The maximum Gasteiger partial charge on any atom is 0.321 e. The molecule has 3 N–H and O–H groups in total. The zero-order chi connectivity index (χ0) is 20.1. The van der Waals surface area contributed by atoms with Crippen LogP contribution in [0.4, 0.5) is 10.5 Å². The summed E-state index contributed by atoms with van der Waals surface area (Å²) in [6, 6.07) is 9.56. The number of likely N-dealkylation sites (tertiary alicyclic amines) is 1. The number of aromatic nitrogens is 2. The molecule has 29 heavy (non-hydrogen) atoms. The quantitative estimate of drug-likeness (QED) is 0.724. The van der Waals surface area contributed by atoms with Gasteiger partial charge in [0.1, 0.15) is 5.69 Å². The van der Waals surface area contributed by atoms with Crippen molar-refractivity contribution in [1.29, 1.82) is 0 Å². The van der Waals surface area contributed by atoms with Crippen molar-refractivity contribution in [2.75, 3.05) is 31.5 Å². The molecule has 1 aromatic carbocycles. The average Bonchev–Trinajstić information content (AvgIpc) is 3.45. The van der Waals surface area contributed by atoms with E-state index in [2.05, 4.69) is 21.0 Å². The molecule has 1 atom stereocenters. The number of anilines is 1. The van der Waals surface area contributed by atoms with Crippen molar-refractivity contribution in [2.24, 2.45) is 0 Å². The van der Waals surface area contributed by atoms with Gasteiger partial charge in [-0.15, -0.1) is 0 Å². The SMILES string of the molecule is O=C(NCc1cccc(NC(=O)N2CCCC2)c1)c1ccn(C2CCCNC2)n1. The highest BCUT2D eigenvalue weighted by Gasteiger charge is 2.19. The van der Waals surface area contributed by atoms with Crippen LogP contribution in [0.3, 0.4) is 0 Å². The molecule has 2 aliphatic heterocycles. The fourth-order valence-electron chi connectivity index (χ4n) is 3.88. The lowest BCUT2D eigenvalue weighted by atomic mass is 10.1. The van der Waals surface area contributed by atoms with Crippen molar-refractivity contribution < 1.29 is 9.59 Å². The summed E-state index contributed by atoms with van der Waals surface area (Å²) in [6.07, 6.45) is 6.20. The predicted octanol–water partition coefficient (Wildman–Crippen LogP) is 2.37. The fourth-order valence-corrected chi connectivity index (χ4v) is 3.88. The Labute approximate surface area is 170 Å². The van der Waals surface area contributed by atoms with Gasteiger partial charge in [0.25, 0.3) is 5.91 Å². The van der Waals surface area contributed by atoms with Gasteiger partial charge in [-0.2, -0.15) is 5.10 Å². The molecule has 1 aromatic heterocycles. The monoisotopic (exact) mass is 396 g/mol. The summed E-state index contributed by atoms with van der Waals surface area (Å²) in [5.41, 5.74) is 2.09. The normalized spacial score (nSPS) is 19.2. The second-order valence-corrected chi connectivity index (χ2v) is 7.69. The van der Waals surface area contributed by atoms with Gasteiger partial charge >= 0.3 is 6.03 Å². The molecule has 4 rings (SSSR count). The van der Waals surface area contributed by atoms with Crippen LogP contribution in [0.5, 0.6) is 0 Å². The predicted molar refractivity (Wildman–Crippen MR) is 111 cm³/mol. The topological polar surface area (TPSA) is 91.3 Å². The van der Waals surface area contributed by atoms with Crippen LogP contribution in [0.15, 0.2) is 36.5 Å². The molecule has 8 heteroatoms. The van der Waals surface area contributed by atoms with Crippen molar-refractivity contribution in [3.05, 3.63) is 47.8 Å². The first kappa shape index (κ1) is 19.4. The lowest BCUT2D eigenvalue weighted by molar-refractivity contribution is 0.0944. The highest BCUT2D eigenvalue weighted by Crippen LogP contribution is 2.16. The largest absolute Gasteiger partial charge is 0.347 e. The van der Waals surface area contributed by atoms with Crippen LogP contribution in [0, 0.1) is 0 Å². The molecule has 2 aromatic rings. The number of rotatable bonds is 5. The first-order valence-electron chi connectivity index (χ1n) is 10.4. The summed E-state index contributed by atoms with van der Waals surface area (Å²) in [7, 11) is 0. The second-order valence-electron chi connectivity index (χ2n) is 7.69. The molecule has 0 radical (unpaired) electrons.